The van der Waals surface area contributed by atoms with Crippen LogP contribution in [0.4, 0.5) is 14.5 Å². The number of piperazine rings is 1. The van der Waals surface area contributed by atoms with Gasteiger partial charge in [-0.15, -0.1) is 0 Å². The predicted molar refractivity (Wildman–Crippen MR) is 61.5 cm³/mol. The van der Waals surface area contributed by atoms with Crippen LogP contribution in [0.2, 0.25) is 5.02 Å². The lowest BCUT2D eigenvalue weighted by atomic mass is 10.2. The Morgan fingerprint density at radius 2 is 1.94 bits per heavy atom. The van der Waals surface area contributed by atoms with Crippen LogP contribution in [0.15, 0.2) is 18.2 Å². The summed E-state index contributed by atoms with van der Waals surface area (Å²) in [5, 5.41) is 3.63. The zero-order chi connectivity index (χ0) is 11.5. The van der Waals surface area contributed by atoms with Crippen LogP contribution in [0.5, 0.6) is 0 Å². The maximum Gasteiger partial charge on any atom is 0.263 e. The zero-order valence-electron chi connectivity index (χ0n) is 8.72. The molecule has 1 aromatic rings. The van der Waals surface area contributed by atoms with Gasteiger partial charge in [-0.1, -0.05) is 17.7 Å². The van der Waals surface area contributed by atoms with Gasteiger partial charge < -0.3 is 10.2 Å². The summed E-state index contributed by atoms with van der Waals surface area (Å²) in [5.74, 6) is 0. The van der Waals surface area contributed by atoms with Crippen molar-refractivity contribution in [3.8, 4) is 0 Å². The summed E-state index contributed by atoms with van der Waals surface area (Å²) in [6, 6.07) is 4.46. The minimum atomic E-state index is -2.46. The maximum absolute atomic E-state index is 12.4. The average Bonchev–Trinajstić information content (AvgIpc) is 2.30. The number of nitrogens with zero attached hydrogens (tertiary/aromatic N) is 1. The van der Waals surface area contributed by atoms with Crippen molar-refractivity contribution in [1.82, 2.24) is 5.32 Å². The van der Waals surface area contributed by atoms with E-state index in [0.29, 0.717) is 5.02 Å². The molecule has 1 N–H and O–H groups in total. The third kappa shape index (κ3) is 2.44. The molecule has 0 atom stereocenters. The molecule has 5 heteroatoms. The first-order valence-electron chi connectivity index (χ1n) is 5.22. The largest absolute Gasteiger partial charge is 0.368 e. The van der Waals surface area contributed by atoms with Crippen molar-refractivity contribution in [1.29, 1.82) is 0 Å². The second-order valence-corrected chi connectivity index (χ2v) is 4.16. The molecule has 88 valence electrons. The lowest BCUT2D eigenvalue weighted by molar-refractivity contribution is 0.151. The van der Waals surface area contributed by atoms with Crippen LogP contribution in [0.1, 0.15) is 12.0 Å². The Balaban J connectivity index is 2.21. The summed E-state index contributed by atoms with van der Waals surface area (Å²) >= 11 is 6.01. The second kappa shape index (κ2) is 4.97. The molecule has 1 saturated heterocycles. The highest BCUT2D eigenvalue weighted by Crippen LogP contribution is 2.30. The molecule has 1 aliphatic heterocycles. The molecule has 2 nitrogen and oxygen atoms in total. The van der Waals surface area contributed by atoms with E-state index in [1.165, 1.54) is 12.1 Å². The summed E-state index contributed by atoms with van der Waals surface area (Å²) in [6.07, 6.45) is -2.46. The lowest BCUT2D eigenvalue weighted by Crippen LogP contribution is -2.43. The number of hydrogen-bond donors (Lipinski definition) is 1. The summed E-state index contributed by atoms with van der Waals surface area (Å²) in [6.45, 7) is 3.50. The first-order valence-corrected chi connectivity index (χ1v) is 5.59. The highest BCUT2D eigenvalue weighted by Gasteiger charge is 2.15. The highest BCUT2D eigenvalue weighted by molar-refractivity contribution is 6.33. The molecule has 2 rings (SSSR count). The van der Waals surface area contributed by atoms with E-state index in [4.69, 9.17) is 11.6 Å². The number of alkyl halides is 2. The van der Waals surface area contributed by atoms with Crippen molar-refractivity contribution in [3.05, 3.63) is 28.8 Å². The molecule has 0 amide bonds. The number of rotatable bonds is 2. The van der Waals surface area contributed by atoms with Crippen molar-refractivity contribution < 1.29 is 8.78 Å². The van der Waals surface area contributed by atoms with Crippen LogP contribution >= 0.6 is 11.6 Å². The van der Waals surface area contributed by atoms with Crippen molar-refractivity contribution in [3.63, 3.8) is 0 Å². The molecule has 1 aliphatic rings. The predicted octanol–water partition coefficient (Wildman–Crippen LogP) is 2.69. The molecule has 0 bridgehead atoms. The SMILES string of the molecule is FC(F)c1ccc(N2CCNCC2)c(Cl)c1. The van der Waals surface area contributed by atoms with E-state index in [1.54, 1.807) is 6.07 Å². The van der Waals surface area contributed by atoms with Crippen LogP contribution in [0.25, 0.3) is 0 Å². The fourth-order valence-electron chi connectivity index (χ4n) is 1.82. The summed E-state index contributed by atoms with van der Waals surface area (Å²) < 4.78 is 24.9. The van der Waals surface area contributed by atoms with Crippen molar-refractivity contribution >= 4 is 17.3 Å². The summed E-state index contributed by atoms with van der Waals surface area (Å²) in [4.78, 5) is 2.11. The molecule has 0 aromatic heterocycles. The third-order valence-electron chi connectivity index (χ3n) is 2.68. The zero-order valence-corrected chi connectivity index (χ0v) is 9.47. The maximum atomic E-state index is 12.4. The Kier molecular flexibility index (Phi) is 3.61. The molecule has 1 fully saturated rings. The topological polar surface area (TPSA) is 15.3 Å². The van der Waals surface area contributed by atoms with Gasteiger partial charge in [0.15, 0.2) is 0 Å². The van der Waals surface area contributed by atoms with Crippen LogP contribution in [-0.4, -0.2) is 26.2 Å². The highest BCUT2D eigenvalue weighted by atomic mass is 35.5. The number of halogens is 3. The molecule has 1 heterocycles. The van der Waals surface area contributed by atoms with Gasteiger partial charge in [0, 0.05) is 31.7 Å². The molecule has 0 unspecified atom stereocenters. The number of nitrogens with one attached hydrogen (secondary N) is 1. The van der Waals surface area contributed by atoms with Gasteiger partial charge in [0.25, 0.3) is 6.43 Å². The normalized spacial score (nSPS) is 16.9. The number of anilines is 1. The second-order valence-electron chi connectivity index (χ2n) is 3.75. The van der Waals surface area contributed by atoms with Gasteiger partial charge in [0.1, 0.15) is 0 Å². The van der Waals surface area contributed by atoms with Crippen molar-refractivity contribution in [2.24, 2.45) is 0 Å². The van der Waals surface area contributed by atoms with Gasteiger partial charge in [-0.2, -0.15) is 0 Å². The van der Waals surface area contributed by atoms with E-state index in [0.717, 1.165) is 31.9 Å². The third-order valence-corrected chi connectivity index (χ3v) is 2.98. The van der Waals surface area contributed by atoms with E-state index >= 15 is 0 Å². The van der Waals surface area contributed by atoms with Gasteiger partial charge in [-0.05, 0) is 12.1 Å². The average molecular weight is 247 g/mol. The minimum Gasteiger partial charge on any atom is -0.368 e. The lowest BCUT2D eigenvalue weighted by Gasteiger charge is -2.30. The molecule has 0 saturated carbocycles. The van der Waals surface area contributed by atoms with Crippen molar-refractivity contribution in [2.75, 3.05) is 31.1 Å². The Morgan fingerprint density at radius 1 is 1.25 bits per heavy atom. The molecule has 1 aromatic carbocycles. The smallest absolute Gasteiger partial charge is 0.263 e. The Morgan fingerprint density at radius 3 is 2.50 bits per heavy atom. The fraction of sp³-hybridized carbons (Fsp3) is 0.455. The number of benzene rings is 1. The Labute approximate surface area is 98.2 Å². The monoisotopic (exact) mass is 246 g/mol. The van der Waals surface area contributed by atoms with E-state index < -0.39 is 6.43 Å². The first kappa shape index (κ1) is 11.6. The van der Waals surface area contributed by atoms with E-state index in [9.17, 15) is 8.78 Å². The van der Waals surface area contributed by atoms with Crippen molar-refractivity contribution in [2.45, 2.75) is 6.43 Å². The van der Waals surface area contributed by atoms with E-state index in [-0.39, 0.29) is 5.56 Å². The quantitative estimate of drug-likeness (QED) is 0.863. The Bertz CT molecular complexity index is 365. The van der Waals surface area contributed by atoms with Gasteiger partial charge >= 0.3 is 0 Å². The fourth-order valence-corrected chi connectivity index (χ4v) is 2.13. The number of hydrogen-bond acceptors (Lipinski definition) is 2. The van der Waals surface area contributed by atoms with E-state index in [1.807, 2.05) is 0 Å². The van der Waals surface area contributed by atoms with Crippen LogP contribution in [0, 0.1) is 0 Å². The summed E-state index contributed by atoms with van der Waals surface area (Å²) in [7, 11) is 0. The van der Waals surface area contributed by atoms with Crippen LogP contribution in [0.3, 0.4) is 0 Å². The van der Waals surface area contributed by atoms with Gasteiger partial charge in [-0.3, -0.25) is 0 Å². The Hall–Kier alpha value is -0.870. The van der Waals surface area contributed by atoms with Gasteiger partial charge in [0.05, 0.1) is 10.7 Å². The summed E-state index contributed by atoms with van der Waals surface area (Å²) in [5.41, 5.74) is 0.816. The molecule has 0 spiro atoms. The molecule has 0 radical (unpaired) electrons. The van der Waals surface area contributed by atoms with Crippen LogP contribution in [-0.2, 0) is 0 Å². The minimum absolute atomic E-state index is 0.0242. The van der Waals surface area contributed by atoms with Crippen LogP contribution < -0.4 is 10.2 Å². The standard InChI is InChI=1S/C11H13ClF2N2/c12-9-7-8(11(13)14)1-2-10(9)16-5-3-15-4-6-16/h1-2,7,11,15H,3-6H2. The first-order chi connectivity index (χ1) is 7.68. The molecular formula is C11H13ClF2N2. The van der Waals surface area contributed by atoms with E-state index in [2.05, 4.69) is 10.2 Å². The molecular weight excluding hydrogens is 234 g/mol. The van der Waals surface area contributed by atoms with Gasteiger partial charge in [-0.25, -0.2) is 8.78 Å². The van der Waals surface area contributed by atoms with Gasteiger partial charge in [0.2, 0.25) is 0 Å². The molecule has 0 aliphatic carbocycles. The molecule has 16 heavy (non-hydrogen) atoms.